The first-order valence-electron chi connectivity index (χ1n) is 10.9. The summed E-state index contributed by atoms with van der Waals surface area (Å²) in [7, 11) is 0. The van der Waals surface area contributed by atoms with Crippen LogP contribution in [-0.4, -0.2) is 36.1 Å². The lowest BCUT2D eigenvalue weighted by molar-refractivity contribution is -0.118. The molecule has 2 amide bonds. The largest absolute Gasteiger partial charge is 0.381 e. The average molecular weight is 456 g/mol. The van der Waals surface area contributed by atoms with Crippen molar-refractivity contribution in [3.05, 3.63) is 95.6 Å². The van der Waals surface area contributed by atoms with Gasteiger partial charge >= 0.3 is 0 Å². The van der Waals surface area contributed by atoms with Crippen molar-refractivity contribution in [2.24, 2.45) is 0 Å². The van der Waals surface area contributed by atoms with Gasteiger partial charge in [0.25, 0.3) is 5.91 Å². The van der Waals surface area contributed by atoms with E-state index < -0.39 is 17.8 Å². The summed E-state index contributed by atoms with van der Waals surface area (Å²) >= 11 is 0. The molecule has 7 heteroatoms. The molecule has 0 spiro atoms. The summed E-state index contributed by atoms with van der Waals surface area (Å²) in [6.45, 7) is 3.85. The third-order valence-electron chi connectivity index (χ3n) is 5.02. The van der Waals surface area contributed by atoms with Crippen LogP contribution < -0.4 is 10.6 Å². The number of hydrogen-bond acceptors (Lipinski definition) is 4. The molecule has 3 aromatic rings. The Hall–Kier alpha value is -3.58. The van der Waals surface area contributed by atoms with E-state index in [0.717, 1.165) is 24.5 Å². The molecule has 0 saturated carbocycles. The van der Waals surface area contributed by atoms with Gasteiger partial charge in [0.15, 0.2) is 0 Å². The molecule has 33 heavy (non-hydrogen) atoms. The number of aryl methyl sites for hydroxylation is 1. The molecular formula is C26H34FN3O3. The topological polar surface area (TPSA) is 80.3 Å². The van der Waals surface area contributed by atoms with Gasteiger partial charge in [0.05, 0.1) is 11.9 Å². The van der Waals surface area contributed by atoms with Crippen LogP contribution in [0, 0.1) is 12.7 Å². The summed E-state index contributed by atoms with van der Waals surface area (Å²) in [6.07, 6.45) is 4.44. The van der Waals surface area contributed by atoms with E-state index in [4.69, 9.17) is 4.74 Å². The van der Waals surface area contributed by atoms with E-state index in [1.54, 1.807) is 18.3 Å². The maximum Gasteiger partial charge on any atom is 0.251 e. The highest BCUT2D eigenvalue weighted by Crippen LogP contribution is 2.10. The van der Waals surface area contributed by atoms with Gasteiger partial charge in [-0.2, -0.15) is 0 Å². The minimum Gasteiger partial charge on any atom is -0.381 e. The van der Waals surface area contributed by atoms with Gasteiger partial charge in [-0.25, -0.2) is 4.39 Å². The number of anilines is 1. The maximum absolute atomic E-state index is 13.1. The fraction of sp³-hybridized carbons (Fsp3) is 0.269. The molecule has 0 aliphatic carbocycles. The van der Waals surface area contributed by atoms with E-state index in [-0.39, 0.29) is 15.8 Å². The second-order valence-corrected chi connectivity index (χ2v) is 7.72. The minimum absolute atomic E-state index is 0. The quantitative estimate of drug-likeness (QED) is 0.545. The fourth-order valence-electron chi connectivity index (χ4n) is 3.18. The third-order valence-corrected chi connectivity index (χ3v) is 5.02. The van der Waals surface area contributed by atoms with E-state index in [2.05, 4.69) is 15.6 Å². The molecule has 1 atom stereocenters. The van der Waals surface area contributed by atoms with Gasteiger partial charge in [0.1, 0.15) is 11.9 Å². The zero-order chi connectivity index (χ0) is 23.5. The summed E-state index contributed by atoms with van der Waals surface area (Å²) in [6, 6.07) is 17.3. The smallest absolute Gasteiger partial charge is 0.251 e. The Morgan fingerprint density at radius 3 is 2.30 bits per heavy atom. The van der Waals surface area contributed by atoms with E-state index in [1.165, 1.54) is 37.1 Å². The molecule has 2 aromatic carbocycles. The van der Waals surface area contributed by atoms with Crippen molar-refractivity contribution < 1.29 is 23.0 Å². The number of nitrogens with one attached hydrogen (secondary N) is 2. The first-order valence-corrected chi connectivity index (χ1v) is 10.9. The van der Waals surface area contributed by atoms with Crippen LogP contribution in [0.2, 0.25) is 0 Å². The summed E-state index contributed by atoms with van der Waals surface area (Å²) in [5.74, 6) is -1.23. The van der Waals surface area contributed by atoms with Crippen molar-refractivity contribution in [1.82, 2.24) is 10.3 Å². The minimum atomic E-state index is -0.804. The van der Waals surface area contributed by atoms with Crippen molar-refractivity contribution in [3.8, 4) is 0 Å². The Kier molecular flexibility index (Phi) is 9.08. The monoisotopic (exact) mass is 455 g/mol. The van der Waals surface area contributed by atoms with Gasteiger partial charge in [-0.1, -0.05) is 30.3 Å². The second-order valence-electron chi connectivity index (χ2n) is 7.72. The lowest BCUT2D eigenvalue weighted by Gasteiger charge is -2.19. The summed E-state index contributed by atoms with van der Waals surface area (Å²) in [4.78, 5) is 29.5. The number of carbonyl (C=O) groups is 2. The van der Waals surface area contributed by atoms with Gasteiger partial charge in [0.2, 0.25) is 5.91 Å². The molecule has 6 nitrogen and oxygen atoms in total. The summed E-state index contributed by atoms with van der Waals surface area (Å²) in [5, 5.41) is 5.52. The summed E-state index contributed by atoms with van der Waals surface area (Å²) in [5.41, 5.74) is 2.57. The molecule has 0 unspecified atom stereocenters. The lowest BCUT2D eigenvalue weighted by Crippen LogP contribution is -2.45. The number of nitrogens with zero attached hydrogens (tertiary/aromatic N) is 1. The first-order chi connectivity index (χ1) is 16.0. The fourth-order valence-corrected chi connectivity index (χ4v) is 3.18. The normalized spacial score (nSPS) is 13.4. The van der Waals surface area contributed by atoms with Crippen molar-refractivity contribution in [2.45, 2.75) is 32.2 Å². The predicted molar refractivity (Wildman–Crippen MR) is 132 cm³/mol. The zero-order valence-electron chi connectivity index (χ0n) is 18.6. The first kappa shape index (κ1) is 24.1. The van der Waals surface area contributed by atoms with Crippen LogP contribution in [0.3, 0.4) is 0 Å². The van der Waals surface area contributed by atoms with E-state index in [9.17, 15) is 14.0 Å². The Balaban J connectivity index is 0.00000137. The van der Waals surface area contributed by atoms with Crippen LogP contribution in [0.5, 0.6) is 0 Å². The number of pyridine rings is 1. The highest BCUT2D eigenvalue weighted by atomic mass is 19.1. The Bertz CT molecular complexity index is 1030. The van der Waals surface area contributed by atoms with Crippen LogP contribution in [0.25, 0.3) is 0 Å². The zero-order valence-corrected chi connectivity index (χ0v) is 18.6. The molecule has 1 saturated heterocycles. The number of aromatic nitrogens is 1. The van der Waals surface area contributed by atoms with Gasteiger partial charge in [-0.15, -0.1) is 0 Å². The number of benzene rings is 2. The highest BCUT2D eigenvalue weighted by molar-refractivity contribution is 6.01. The van der Waals surface area contributed by atoms with Crippen LogP contribution >= 0.6 is 0 Å². The molecule has 1 aliphatic rings. The number of hydrogen-bond donors (Lipinski definition) is 2. The summed E-state index contributed by atoms with van der Waals surface area (Å²) < 4.78 is 18.0. The molecule has 2 N–H and O–H groups in total. The molecule has 1 fully saturated rings. The maximum atomic E-state index is 13.1. The van der Waals surface area contributed by atoms with Crippen LogP contribution in [0.1, 0.15) is 38.7 Å². The standard InChI is InChI=1S/C22H20FN3O2.C4H8O.3H2/c1-15-7-12-19(14-24-15)25-22(28)20(13-16-5-3-2-4-6-16)26-21(27)17-8-10-18(23)11-9-17;1-2-4-5-3-1;;;/h2-12,14,20H,13H2,1H3,(H,25,28)(H,26,27);1-4H2;3*1H/t20-;;;;/m0..../s1. The van der Waals surface area contributed by atoms with Gasteiger partial charge < -0.3 is 15.4 Å². The number of amides is 2. The predicted octanol–water partition coefficient (Wildman–Crippen LogP) is 5.04. The molecule has 178 valence electrons. The number of ether oxygens (including phenoxy) is 1. The Labute approximate surface area is 197 Å². The average Bonchev–Trinajstić information content (AvgIpc) is 3.42. The SMILES string of the molecule is C1CCOC1.Cc1ccc(NC(=O)[C@H](Cc2ccccc2)NC(=O)c2ccc(F)cc2)cn1.[HH].[HH].[HH]. The van der Waals surface area contributed by atoms with Crippen LogP contribution in [-0.2, 0) is 16.0 Å². The van der Waals surface area contributed by atoms with Crippen molar-refractivity contribution in [1.29, 1.82) is 0 Å². The molecule has 2 heterocycles. The van der Waals surface area contributed by atoms with Crippen molar-refractivity contribution in [3.63, 3.8) is 0 Å². The molecule has 0 bridgehead atoms. The van der Waals surface area contributed by atoms with E-state index >= 15 is 0 Å². The third kappa shape index (κ3) is 8.12. The van der Waals surface area contributed by atoms with Crippen LogP contribution in [0.4, 0.5) is 10.1 Å². The second kappa shape index (κ2) is 12.5. The molecule has 1 aromatic heterocycles. The van der Waals surface area contributed by atoms with E-state index in [0.29, 0.717) is 12.1 Å². The Morgan fingerprint density at radius 2 is 1.73 bits per heavy atom. The number of halogens is 1. The highest BCUT2D eigenvalue weighted by Gasteiger charge is 2.22. The number of carbonyl (C=O) groups excluding carboxylic acids is 2. The van der Waals surface area contributed by atoms with Crippen molar-refractivity contribution in [2.75, 3.05) is 18.5 Å². The van der Waals surface area contributed by atoms with Gasteiger partial charge in [-0.3, -0.25) is 14.6 Å². The molecular weight excluding hydrogens is 421 g/mol. The van der Waals surface area contributed by atoms with Gasteiger partial charge in [0, 0.05) is 35.2 Å². The Morgan fingerprint density at radius 1 is 1.03 bits per heavy atom. The molecule has 1 aliphatic heterocycles. The molecule has 0 radical (unpaired) electrons. The lowest BCUT2D eigenvalue weighted by atomic mass is 10.0. The number of rotatable bonds is 6. The molecule has 4 rings (SSSR count). The van der Waals surface area contributed by atoms with E-state index in [1.807, 2.05) is 37.3 Å². The van der Waals surface area contributed by atoms with Gasteiger partial charge in [-0.05, 0) is 61.7 Å². The van der Waals surface area contributed by atoms with Crippen molar-refractivity contribution >= 4 is 17.5 Å². The van der Waals surface area contributed by atoms with Crippen LogP contribution in [0.15, 0.2) is 72.9 Å².